The Morgan fingerprint density at radius 2 is 2.00 bits per heavy atom. The van der Waals surface area contributed by atoms with Crippen LogP contribution in [-0.2, 0) is 14.8 Å². The van der Waals surface area contributed by atoms with Gasteiger partial charge in [-0.25, -0.2) is 8.42 Å². The number of nitrogens with zero attached hydrogens (tertiary/aromatic N) is 2. The summed E-state index contributed by atoms with van der Waals surface area (Å²) in [6.45, 7) is 3.27. The maximum Gasteiger partial charge on any atom is 0.293 e. The lowest BCUT2D eigenvalue weighted by Crippen LogP contribution is -2.40. The maximum absolute atomic E-state index is 12.8. The molecule has 2 aliphatic carbocycles. The largest absolute Gasteiger partial charge is 0.379 e. The van der Waals surface area contributed by atoms with Crippen molar-refractivity contribution in [2.45, 2.75) is 43.5 Å². The Kier molecular flexibility index (Phi) is 5.32. The van der Waals surface area contributed by atoms with E-state index in [0.29, 0.717) is 30.7 Å². The molecule has 1 aromatic carbocycles. The van der Waals surface area contributed by atoms with Crippen LogP contribution in [0.5, 0.6) is 0 Å². The van der Waals surface area contributed by atoms with Crippen molar-refractivity contribution in [2.75, 3.05) is 31.6 Å². The number of hydrogen-bond acceptors (Lipinski definition) is 6. The number of anilines is 1. The second-order valence-electron chi connectivity index (χ2n) is 8.22. The standard InChI is InChI=1S/C19H27N3O5S/c1-13(17-11-14-2-3-15(17)10-14)20-18-5-4-16(12-19(18)22(23)24)28(25,26)21-6-8-27-9-7-21/h4-5,12-15,17,20H,2-3,6-11H2,1H3/t13-,14-,15-,17+/m1/s1. The van der Waals surface area contributed by atoms with Gasteiger partial charge in [0.15, 0.2) is 0 Å². The van der Waals surface area contributed by atoms with Gasteiger partial charge in [-0.1, -0.05) is 6.42 Å². The summed E-state index contributed by atoms with van der Waals surface area (Å²) < 4.78 is 32.2. The minimum absolute atomic E-state index is 0.0424. The van der Waals surface area contributed by atoms with E-state index >= 15 is 0 Å². The second-order valence-corrected chi connectivity index (χ2v) is 10.2. The quantitative estimate of drug-likeness (QED) is 0.573. The van der Waals surface area contributed by atoms with E-state index in [-0.39, 0.29) is 29.7 Å². The van der Waals surface area contributed by atoms with E-state index in [2.05, 4.69) is 12.2 Å². The van der Waals surface area contributed by atoms with Gasteiger partial charge >= 0.3 is 0 Å². The fourth-order valence-electron chi connectivity index (χ4n) is 5.14. The van der Waals surface area contributed by atoms with E-state index in [1.807, 2.05) is 0 Å². The predicted octanol–water partition coefficient (Wildman–Crippen LogP) is 2.85. The van der Waals surface area contributed by atoms with Crippen LogP contribution in [0.1, 0.15) is 32.6 Å². The third kappa shape index (κ3) is 3.62. The van der Waals surface area contributed by atoms with Crippen LogP contribution in [0.4, 0.5) is 11.4 Å². The molecule has 3 fully saturated rings. The zero-order valence-electron chi connectivity index (χ0n) is 16.0. The molecule has 1 aliphatic heterocycles. The number of rotatable bonds is 6. The zero-order valence-corrected chi connectivity index (χ0v) is 16.9. The van der Waals surface area contributed by atoms with Gasteiger partial charge in [0.1, 0.15) is 5.69 Å². The fraction of sp³-hybridized carbons (Fsp3) is 0.684. The molecule has 2 bridgehead atoms. The molecule has 0 amide bonds. The molecule has 8 nitrogen and oxygen atoms in total. The van der Waals surface area contributed by atoms with Crippen LogP contribution < -0.4 is 5.32 Å². The number of sulfonamides is 1. The van der Waals surface area contributed by atoms with Gasteiger partial charge in [0.2, 0.25) is 10.0 Å². The summed E-state index contributed by atoms with van der Waals surface area (Å²) in [6, 6.07) is 4.31. The molecule has 3 aliphatic rings. The molecular formula is C19H27N3O5S. The monoisotopic (exact) mass is 409 g/mol. The number of fused-ring (bicyclic) bond motifs is 2. The van der Waals surface area contributed by atoms with Crippen molar-refractivity contribution in [2.24, 2.45) is 17.8 Å². The lowest BCUT2D eigenvalue weighted by atomic mass is 9.84. The van der Waals surface area contributed by atoms with Gasteiger partial charge in [0.25, 0.3) is 5.69 Å². The molecule has 4 atom stereocenters. The summed E-state index contributed by atoms with van der Waals surface area (Å²) in [5, 5.41) is 15.0. The van der Waals surface area contributed by atoms with Crippen molar-refractivity contribution < 1.29 is 18.1 Å². The van der Waals surface area contributed by atoms with Crippen LogP contribution in [0.25, 0.3) is 0 Å². The van der Waals surface area contributed by atoms with Crippen LogP contribution >= 0.6 is 0 Å². The average molecular weight is 410 g/mol. The molecule has 1 aromatic rings. The van der Waals surface area contributed by atoms with Gasteiger partial charge in [0, 0.05) is 25.2 Å². The minimum atomic E-state index is -3.76. The van der Waals surface area contributed by atoms with Crippen molar-refractivity contribution >= 4 is 21.4 Å². The number of nitro benzene ring substituents is 1. The van der Waals surface area contributed by atoms with Gasteiger partial charge in [0.05, 0.1) is 23.0 Å². The minimum Gasteiger partial charge on any atom is -0.379 e. The number of benzene rings is 1. The summed E-state index contributed by atoms with van der Waals surface area (Å²) in [6.07, 6.45) is 5.01. The first-order chi connectivity index (χ1) is 13.4. The molecule has 154 valence electrons. The first-order valence-electron chi connectivity index (χ1n) is 9.99. The van der Waals surface area contributed by atoms with Gasteiger partial charge < -0.3 is 10.1 Å². The van der Waals surface area contributed by atoms with Gasteiger partial charge in [-0.05, 0) is 56.1 Å². The lowest BCUT2D eigenvalue weighted by molar-refractivity contribution is -0.384. The molecule has 1 saturated heterocycles. The molecular weight excluding hydrogens is 382 g/mol. The molecule has 1 heterocycles. The van der Waals surface area contributed by atoms with Crippen LogP contribution in [-0.4, -0.2) is 50.0 Å². The Morgan fingerprint density at radius 1 is 1.25 bits per heavy atom. The highest BCUT2D eigenvalue weighted by Gasteiger charge is 2.42. The molecule has 0 radical (unpaired) electrons. The molecule has 0 aromatic heterocycles. The Morgan fingerprint density at radius 3 is 2.61 bits per heavy atom. The number of morpholine rings is 1. The molecule has 4 rings (SSSR count). The molecule has 0 unspecified atom stereocenters. The van der Waals surface area contributed by atoms with Gasteiger partial charge in [-0.15, -0.1) is 0 Å². The molecule has 0 spiro atoms. The Balaban J connectivity index is 1.56. The number of nitro groups is 1. The molecule has 28 heavy (non-hydrogen) atoms. The van der Waals surface area contributed by atoms with E-state index in [1.54, 1.807) is 0 Å². The Bertz CT molecular complexity index is 853. The summed E-state index contributed by atoms with van der Waals surface area (Å²) in [7, 11) is -3.76. The fourth-order valence-corrected chi connectivity index (χ4v) is 6.57. The zero-order chi connectivity index (χ0) is 19.9. The molecule has 9 heteroatoms. The normalized spacial score (nSPS) is 29.0. The van der Waals surface area contributed by atoms with E-state index in [0.717, 1.165) is 5.92 Å². The van der Waals surface area contributed by atoms with Crippen LogP contribution in [0, 0.1) is 27.9 Å². The second kappa shape index (κ2) is 7.61. The highest BCUT2D eigenvalue weighted by Crippen LogP contribution is 2.50. The van der Waals surface area contributed by atoms with E-state index in [1.165, 1.54) is 48.2 Å². The van der Waals surface area contributed by atoms with Crippen molar-refractivity contribution in [3.63, 3.8) is 0 Å². The SMILES string of the molecule is C[C@@H](Nc1ccc(S(=O)(=O)N2CCOCC2)cc1[N+](=O)[O-])[C@@H]1C[C@@H]2CC[C@@H]1C2. The summed E-state index contributed by atoms with van der Waals surface area (Å²) in [4.78, 5) is 11.1. The van der Waals surface area contributed by atoms with E-state index < -0.39 is 14.9 Å². The van der Waals surface area contributed by atoms with E-state index in [4.69, 9.17) is 4.74 Å². The number of ether oxygens (including phenoxy) is 1. The average Bonchev–Trinajstić information content (AvgIpc) is 3.32. The van der Waals surface area contributed by atoms with Crippen molar-refractivity contribution in [3.05, 3.63) is 28.3 Å². The van der Waals surface area contributed by atoms with Crippen molar-refractivity contribution in [1.29, 1.82) is 0 Å². The Hall–Kier alpha value is -1.71. The van der Waals surface area contributed by atoms with Crippen molar-refractivity contribution in [3.8, 4) is 0 Å². The topological polar surface area (TPSA) is 102 Å². The molecule has 2 saturated carbocycles. The van der Waals surface area contributed by atoms with Crippen LogP contribution in [0.3, 0.4) is 0 Å². The predicted molar refractivity (Wildman–Crippen MR) is 105 cm³/mol. The summed E-state index contributed by atoms with van der Waals surface area (Å²) in [5.41, 5.74) is 0.200. The number of nitrogens with one attached hydrogen (secondary N) is 1. The van der Waals surface area contributed by atoms with Gasteiger partial charge in [-0.2, -0.15) is 4.31 Å². The molecule has 1 N–H and O–H groups in total. The first kappa shape index (κ1) is 19.6. The highest BCUT2D eigenvalue weighted by atomic mass is 32.2. The first-order valence-corrected chi connectivity index (χ1v) is 11.4. The summed E-state index contributed by atoms with van der Waals surface area (Å²) in [5.74, 6) is 2.03. The van der Waals surface area contributed by atoms with Crippen LogP contribution in [0.15, 0.2) is 23.1 Å². The van der Waals surface area contributed by atoms with E-state index in [9.17, 15) is 18.5 Å². The lowest BCUT2D eigenvalue weighted by Gasteiger charge is -2.29. The smallest absolute Gasteiger partial charge is 0.293 e. The van der Waals surface area contributed by atoms with Crippen molar-refractivity contribution in [1.82, 2.24) is 4.31 Å². The third-order valence-corrected chi connectivity index (χ3v) is 8.49. The Labute approximate surface area is 165 Å². The number of hydrogen-bond donors (Lipinski definition) is 1. The maximum atomic E-state index is 12.8. The van der Waals surface area contributed by atoms with Gasteiger partial charge in [-0.3, -0.25) is 10.1 Å². The van der Waals surface area contributed by atoms with Crippen LogP contribution in [0.2, 0.25) is 0 Å². The summed E-state index contributed by atoms with van der Waals surface area (Å²) >= 11 is 0. The third-order valence-electron chi connectivity index (χ3n) is 6.59. The highest BCUT2D eigenvalue weighted by molar-refractivity contribution is 7.89.